The number of aliphatic hydroxyl groups excluding tert-OH is 4. The molecule has 0 aromatic rings. The number of carbonyl (C=O) groups excluding carboxylic acids is 2. The number of fused-ring (bicyclic) bond motifs is 1. The van der Waals surface area contributed by atoms with Crippen LogP contribution in [-0.2, 0) is 9.59 Å². The van der Waals surface area contributed by atoms with Crippen molar-refractivity contribution in [3.8, 4) is 0 Å². The minimum Gasteiger partial charge on any atom is -0.515 e. The average molecular weight is 409 g/mol. The fraction of sp³-hybridized carbons (Fsp3) is 0.739. The fourth-order valence-electron chi connectivity index (χ4n) is 5.56. The summed E-state index contributed by atoms with van der Waals surface area (Å²) in [5.41, 5.74) is -1.06. The molecule has 1 saturated carbocycles. The SMILES string of the molecule is CCCCCC[C@@H](C)C1=C(O)C(=O)[C@@H]2[C@H](O)[C@H](C)C[C@H](O)[C@H]2[C@]1(C)C(=O)C=CO. The maximum atomic E-state index is 13.2. The molecule has 7 atom stereocenters. The van der Waals surface area contributed by atoms with Crippen molar-refractivity contribution in [1.82, 2.24) is 0 Å². The van der Waals surface area contributed by atoms with Gasteiger partial charge in [-0.15, -0.1) is 0 Å². The zero-order chi connectivity index (χ0) is 21.9. The van der Waals surface area contributed by atoms with Gasteiger partial charge in [0.1, 0.15) is 0 Å². The van der Waals surface area contributed by atoms with Gasteiger partial charge in [0, 0.05) is 12.0 Å². The van der Waals surface area contributed by atoms with Crippen LogP contribution >= 0.6 is 0 Å². The van der Waals surface area contributed by atoms with Gasteiger partial charge in [-0.1, -0.05) is 46.5 Å². The molecule has 4 N–H and O–H groups in total. The molecule has 0 amide bonds. The van der Waals surface area contributed by atoms with E-state index in [9.17, 15) is 30.0 Å². The van der Waals surface area contributed by atoms with E-state index in [1.807, 2.05) is 6.92 Å². The molecule has 0 radical (unpaired) electrons. The van der Waals surface area contributed by atoms with Crippen molar-refractivity contribution in [2.24, 2.45) is 29.1 Å². The molecule has 0 spiro atoms. The van der Waals surface area contributed by atoms with Gasteiger partial charge in [-0.25, -0.2) is 0 Å². The quantitative estimate of drug-likeness (QED) is 0.277. The Morgan fingerprint density at radius 1 is 1.28 bits per heavy atom. The first-order valence-electron chi connectivity index (χ1n) is 10.8. The summed E-state index contributed by atoms with van der Waals surface area (Å²) in [6.45, 7) is 7.37. The number of unbranched alkanes of at least 4 members (excludes halogenated alkanes) is 3. The zero-order valence-corrected chi connectivity index (χ0v) is 18.0. The molecule has 0 unspecified atom stereocenters. The molecule has 0 aromatic heterocycles. The summed E-state index contributed by atoms with van der Waals surface area (Å²) < 4.78 is 0. The van der Waals surface area contributed by atoms with Gasteiger partial charge < -0.3 is 20.4 Å². The van der Waals surface area contributed by atoms with E-state index in [1.165, 1.54) is 0 Å². The normalized spacial score (nSPS) is 36.3. The fourth-order valence-corrected chi connectivity index (χ4v) is 5.56. The predicted molar refractivity (Wildman–Crippen MR) is 110 cm³/mol. The highest BCUT2D eigenvalue weighted by molar-refractivity contribution is 6.04. The Bertz CT molecular complexity index is 681. The summed E-state index contributed by atoms with van der Waals surface area (Å²) in [5, 5.41) is 41.7. The predicted octanol–water partition coefficient (Wildman–Crippen LogP) is 3.63. The summed E-state index contributed by atoms with van der Waals surface area (Å²) in [6, 6.07) is 0. The lowest BCUT2D eigenvalue weighted by Gasteiger charge is -2.53. The van der Waals surface area contributed by atoms with E-state index in [2.05, 4.69) is 6.92 Å². The van der Waals surface area contributed by atoms with Gasteiger partial charge in [-0.2, -0.15) is 0 Å². The summed E-state index contributed by atoms with van der Waals surface area (Å²) in [7, 11) is 0. The first kappa shape index (κ1) is 23.6. The molecule has 164 valence electrons. The van der Waals surface area contributed by atoms with E-state index in [-0.39, 0.29) is 18.3 Å². The lowest BCUT2D eigenvalue weighted by Crippen LogP contribution is -2.60. The van der Waals surface area contributed by atoms with Gasteiger partial charge in [0.15, 0.2) is 11.5 Å². The highest BCUT2D eigenvalue weighted by Gasteiger charge is 2.61. The molecular formula is C23H36O6. The molecule has 2 aliphatic rings. The van der Waals surface area contributed by atoms with Gasteiger partial charge in [0.25, 0.3) is 0 Å². The number of rotatable bonds is 8. The second-order valence-corrected chi connectivity index (χ2v) is 9.08. The molecule has 0 aliphatic heterocycles. The number of ketones is 2. The molecule has 0 bridgehead atoms. The van der Waals surface area contributed by atoms with E-state index in [0.29, 0.717) is 18.3 Å². The minimum atomic E-state index is -1.38. The van der Waals surface area contributed by atoms with Crippen LogP contribution in [0.5, 0.6) is 0 Å². The molecule has 2 rings (SSSR count). The Hall–Kier alpha value is -1.66. The first-order chi connectivity index (χ1) is 13.6. The van der Waals surface area contributed by atoms with Crippen LogP contribution in [0.3, 0.4) is 0 Å². The van der Waals surface area contributed by atoms with Crippen LogP contribution < -0.4 is 0 Å². The molecule has 0 aromatic carbocycles. The number of aliphatic hydroxyl groups is 4. The topological polar surface area (TPSA) is 115 Å². The highest BCUT2D eigenvalue weighted by Crippen LogP contribution is 2.55. The number of hydrogen-bond donors (Lipinski definition) is 4. The Morgan fingerprint density at radius 2 is 1.93 bits per heavy atom. The molecule has 6 heteroatoms. The highest BCUT2D eigenvalue weighted by atomic mass is 16.3. The van der Waals surface area contributed by atoms with Crippen LogP contribution in [0.2, 0.25) is 0 Å². The standard InChI is InChI=1S/C23H36O6/c1-5-6-7-8-9-13(2)18-22(29)21(28)17-19(15(25)12-14(3)20(17)27)23(18,4)16(26)10-11-24/h10-11,13-15,17,19-20,24-25,27,29H,5-9,12H2,1-4H3/t13-,14-,15+,17+,19-,20-,23-/m1/s1. The van der Waals surface area contributed by atoms with Crippen molar-refractivity contribution >= 4 is 11.6 Å². The van der Waals surface area contributed by atoms with E-state index in [0.717, 1.165) is 31.8 Å². The molecular weight excluding hydrogens is 372 g/mol. The van der Waals surface area contributed by atoms with Gasteiger partial charge in [-0.3, -0.25) is 9.59 Å². The van der Waals surface area contributed by atoms with Crippen LogP contribution in [-0.4, -0.2) is 44.2 Å². The van der Waals surface area contributed by atoms with Crippen molar-refractivity contribution < 1.29 is 30.0 Å². The van der Waals surface area contributed by atoms with Crippen molar-refractivity contribution in [3.63, 3.8) is 0 Å². The maximum absolute atomic E-state index is 13.2. The van der Waals surface area contributed by atoms with Crippen LogP contribution in [0.25, 0.3) is 0 Å². The van der Waals surface area contributed by atoms with E-state index in [4.69, 9.17) is 0 Å². The van der Waals surface area contributed by atoms with Crippen LogP contribution in [0, 0.1) is 29.1 Å². The van der Waals surface area contributed by atoms with Gasteiger partial charge in [0.05, 0.1) is 29.8 Å². The van der Waals surface area contributed by atoms with Crippen LogP contribution in [0.4, 0.5) is 0 Å². The van der Waals surface area contributed by atoms with Gasteiger partial charge >= 0.3 is 0 Å². The van der Waals surface area contributed by atoms with E-state index >= 15 is 0 Å². The number of carbonyl (C=O) groups is 2. The Morgan fingerprint density at radius 3 is 2.52 bits per heavy atom. The van der Waals surface area contributed by atoms with Crippen molar-refractivity contribution in [2.45, 2.75) is 78.4 Å². The van der Waals surface area contributed by atoms with Crippen LogP contribution in [0.1, 0.15) is 66.2 Å². The second kappa shape index (κ2) is 9.43. The smallest absolute Gasteiger partial charge is 0.203 e. The Balaban J connectivity index is 2.57. The van der Waals surface area contributed by atoms with Crippen LogP contribution in [0.15, 0.2) is 23.7 Å². The second-order valence-electron chi connectivity index (χ2n) is 9.08. The lowest BCUT2D eigenvalue weighted by molar-refractivity contribution is -0.159. The minimum absolute atomic E-state index is 0.249. The average Bonchev–Trinajstić information content (AvgIpc) is 2.66. The third-order valence-corrected chi connectivity index (χ3v) is 7.10. The third-order valence-electron chi connectivity index (χ3n) is 7.10. The summed E-state index contributed by atoms with van der Waals surface area (Å²) in [6.07, 6.45) is 4.70. The summed E-state index contributed by atoms with van der Waals surface area (Å²) in [4.78, 5) is 26.2. The summed E-state index contributed by atoms with van der Waals surface area (Å²) >= 11 is 0. The Kier molecular flexibility index (Phi) is 7.68. The molecule has 29 heavy (non-hydrogen) atoms. The van der Waals surface area contributed by atoms with Crippen molar-refractivity contribution in [1.29, 1.82) is 0 Å². The van der Waals surface area contributed by atoms with Crippen molar-refractivity contribution in [2.75, 3.05) is 0 Å². The summed E-state index contributed by atoms with van der Waals surface area (Å²) in [5.74, 6) is -4.02. The van der Waals surface area contributed by atoms with E-state index in [1.54, 1.807) is 13.8 Å². The molecule has 6 nitrogen and oxygen atoms in total. The third kappa shape index (κ3) is 4.15. The molecule has 1 fully saturated rings. The van der Waals surface area contributed by atoms with Crippen molar-refractivity contribution in [3.05, 3.63) is 23.7 Å². The van der Waals surface area contributed by atoms with Gasteiger partial charge in [-0.05, 0) is 37.2 Å². The number of Topliss-reactive ketones (excluding diaryl/α,β-unsaturated/α-hetero) is 1. The Labute approximate surface area is 173 Å². The van der Waals surface area contributed by atoms with E-state index < -0.39 is 46.8 Å². The number of allylic oxidation sites excluding steroid dienone is 3. The molecule has 0 saturated heterocycles. The maximum Gasteiger partial charge on any atom is 0.203 e. The van der Waals surface area contributed by atoms with Gasteiger partial charge in [0.2, 0.25) is 5.78 Å². The number of hydrogen-bond acceptors (Lipinski definition) is 6. The zero-order valence-electron chi connectivity index (χ0n) is 18.0. The monoisotopic (exact) mass is 408 g/mol. The molecule has 2 aliphatic carbocycles. The lowest BCUT2D eigenvalue weighted by atomic mass is 9.50. The first-order valence-corrected chi connectivity index (χ1v) is 10.8. The molecule has 0 heterocycles. The largest absolute Gasteiger partial charge is 0.515 e.